The van der Waals surface area contributed by atoms with E-state index in [1.165, 1.54) is 13.3 Å². The number of benzene rings is 1. The van der Waals surface area contributed by atoms with Crippen molar-refractivity contribution in [3.8, 4) is 17.0 Å². The first-order chi connectivity index (χ1) is 11.6. The Morgan fingerprint density at radius 1 is 1.29 bits per heavy atom. The quantitative estimate of drug-likeness (QED) is 0.477. The number of hydrogen-bond acceptors (Lipinski definition) is 6. The molecule has 7 heteroatoms. The number of aromatic nitrogens is 2. The smallest absolute Gasteiger partial charge is 0.358 e. The highest BCUT2D eigenvalue weighted by atomic mass is 16.6. The molecule has 0 spiro atoms. The lowest BCUT2D eigenvalue weighted by molar-refractivity contribution is -0.140. The van der Waals surface area contributed by atoms with E-state index in [0.717, 1.165) is 22.6 Å². The van der Waals surface area contributed by atoms with Gasteiger partial charge in [-0.05, 0) is 43.7 Å². The van der Waals surface area contributed by atoms with E-state index in [1.807, 2.05) is 37.4 Å². The molecular formula is C17H21N3O4. The molecule has 0 saturated carbocycles. The van der Waals surface area contributed by atoms with Crippen LogP contribution in [-0.4, -0.2) is 36.6 Å². The van der Waals surface area contributed by atoms with Crippen LogP contribution in [-0.2, 0) is 14.4 Å². The molecule has 1 N–H and O–H groups in total. The Labute approximate surface area is 140 Å². The highest BCUT2D eigenvalue weighted by Gasteiger charge is 2.13. The van der Waals surface area contributed by atoms with E-state index in [1.54, 1.807) is 18.7 Å². The van der Waals surface area contributed by atoms with Crippen LogP contribution < -0.4 is 10.2 Å². The number of esters is 1. The Hall–Kier alpha value is -2.80. The van der Waals surface area contributed by atoms with E-state index in [9.17, 15) is 4.79 Å². The van der Waals surface area contributed by atoms with E-state index in [0.29, 0.717) is 0 Å². The summed E-state index contributed by atoms with van der Waals surface area (Å²) in [5.41, 5.74) is 5.40. The zero-order valence-corrected chi connectivity index (χ0v) is 14.2. The molecule has 0 fully saturated rings. The van der Waals surface area contributed by atoms with Gasteiger partial charge in [0.2, 0.25) is 0 Å². The predicted molar refractivity (Wildman–Crippen MR) is 90.0 cm³/mol. The number of hydrogen-bond donors (Lipinski definition) is 1. The molecule has 0 atom stereocenters. The SMILES string of the molecule is CCOC(=O)C(=Cn1cc(C)c(-c2ccc(OC)cc2)n1)NOC. The Balaban J connectivity index is 2.31. The van der Waals surface area contributed by atoms with Crippen molar-refractivity contribution in [2.24, 2.45) is 0 Å². The number of methoxy groups -OCH3 is 1. The van der Waals surface area contributed by atoms with Gasteiger partial charge in [-0.2, -0.15) is 5.10 Å². The largest absolute Gasteiger partial charge is 0.497 e. The van der Waals surface area contributed by atoms with Crippen LogP contribution in [0.5, 0.6) is 5.75 Å². The number of ether oxygens (including phenoxy) is 2. The molecule has 128 valence electrons. The van der Waals surface area contributed by atoms with Gasteiger partial charge in [0, 0.05) is 11.8 Å². The standard InChI is InChI=1S/C17H21N3O4/c1-5-24-17(21)15(19-23-4)11-20-10-12(2)16(18-20)13-6-8-14(22-3)9-7-13/h6-11,19H,5H2,1-4H3. The maximum Gasteiger partial charge on any atom is 0.358 e. The Bertz CT molecular complexity index is 720. The van der Waals surface area contributed by atoms with Crippen molar-refractivity contribution in [3.63, 3.8) is 0 Å². The number of aryl methyl sites for hydroxylation is 1. The topological polar surface area (TPSA) is 74.6 Å². The molecule has 0 bridgehead atoms. The molecule has 0 aliphatic rings. The third-order valence-electron chi connectivity index (χ3n) is 3.25. The molecule has 1 aromatic carbocycles. The molecule has 2 rings (SSSR count). The molecule has 7 nitrogen and oxygen atoms in total. The van der Waals surface area contributed by atoms with Crippen molar-refractivity contribution < 1.29 is 19.1 Å². The van der Waals surface area contributed by atoms with Crippen molar-refractivity contribution in [2.75, 3.05) is 20.8 Å². The first-order valence-corrected chi connectivity index (χ1v) is 7.47. The van der Waals surface area contributed by atoms with E-state index >= 15 is 0 Å². The zero-order chi connectivity index (χ0) is 17.5. The fourth-order valence-corrected chi connectivity index (χ4v) is 2.15. The minimum Gasteiger partial charge on any atom is -0.497 e. The second kappa shape index (κ2) is 8.16. The van der Waals surface area contributed by atoms with E-state index in [-0.39, 0.29) is 12.3 Å². The number of carbonyl (C=O) groups excluding carboxylic acids is 1. The van der Waals surface area contributed by atoms with Crippen LogP contribution in [0, 0.1) is 6.92 Å². The molecule has 1 aromatic heterocycles. The van der Waals surface area contributed by atoms with Gasteiger partial charge in [-0.15, -0.1) is 0 Å². The minimum absolute atomic E-state index is 0.156. The summed E-state index contributed by atoms with van der Waals surface area (Å²) in [6.07, 6.45) is 3.33. The van der Waals surface area contributed by atoms with Crippen molar-refractivity contribution in [1.82, 2.24) is 15.3 Å². The second-order valence-electron chi connectivity index (χ2n) is 4.94. The highest BCUT2D eigenvalue weighted by molar-refractivity contribution is 5.90. The lowest BCUT2D eigenvalue weighted by Crippen LogP contribution is -2.22. The van der Waals surface area contributed by atoms with Crippen LogP contribution in [0.25, 0.3) is 17.5 Å². The number of hydroxylamine groups is 1. The fraction of sp³-hybridized carbons (Fsp3) is 0.294. The van der Waals surface area contributed by atoms with Gasteiger partial charge in [-0.1, -0.05) is 0 Å². The van der Waals surface area contributed by atoms with Gasteiger partial charge in [0.05, 0.1) is 32.7 Å². The van der Waals surface area contributed by atoms with Crippen LogP contribution in [0.3, 0.4) is 0 Å². The maximum atomic E-state index is 11.9. The third kappa shape index (κ3) is 4.14. The van der Waals surface area contributed by atoms with Gasteiger partial charge >= 0.3 is 5.97 Å². The average Bonchev–Trinajstić information content (AvgIpc) is 2.95. The summed E-state index contributed by atoms with van der Waals surface area (Å²) in [6.45, 7) is 3.96. The second-order valence-corrected chi connectivity index (χ2v) is 4.94. The normalized spacial score (nSPS) is 11.2. The van der Waals surface area contributed by atoms with Crippen molar-refractivity contribution >= 4 is 12.2 Å². The van der Waals surface area contributed by atoms with E-state index in [2.05, 4.69) is 10.6 Å². The Morgan fingerprint density at radius 2 is 2.00 bits per heavy atom. The van der Waals surface area contributed by atoms with Gasteiger partial charge in [-0.3, -0.25) is 10.3 Å². The summed E-state index contributed by atoms with van der Waals surface area (Å²) in [5, 5.41) is 4.50. The minimum atomic E-state index is -0.515. The predicted octanol–water partition coefficient (Wildman–Crippen LogP) is 2.38. The lowest BCUT2D eigenvalue weighted by atomic mass is 10.1. The van der Waals surface area contributed by atoms with Gasteiger partial charge in [0.1, 0.15) is 5.75 Å². The molecule has 0 aliphatic heterocycles. The summed E-state index contributed by atoms with van der Waals surface area (Å²) in [6, 6.07) is 7.62. The molecule has 0 saturated heterocycles. The molecule has 0 radical (unpaired) electrons. The first kappa shape index (κ1) is 17.6. The zero-order valence-electron chi connectivity index (χ0n) is 14.2. The van der Waals surface area contributed by atoms with Crippen molar-refractivity contribution in [3.05, 3.63) is 41.7 Å². The third-order valence-corrected chi connectivity index (χ3v) is 3.25. The summed E-state index contributed by atoms with van der Waals surface area (Å²) >= 11 is 0. The Kier molecular flexibility index (Phi) is 5.97. The number of rotatable bonds is 7. The van der Waals surface area contributed by atoms with Gasteiger partial charge in [0.15, 0.2) is 5.70 Å². The fourth-order valence-electron chi connectivity index (χ4n) is 2.15. The molecule has 2 aromatic rings. The summed E-state index contributed by atoms with van der Waals surface area (Å²) in [4.78, 5) is 16.7. The number of nitrogens with zero attached hydrogens (tertiary/aromatic N) is 2. The molecule has 0 unspecified atom stereocenters. The molecule has 24 heavy (non-hydrogen) atoms. The molecule has 0 aliphatic carbocycles. The summed E-state index contributed by atoms with van der Waals surface area (Å²) in [5.74, 6) is 0.267. The van der Waals surface area contributed by atoms with Crippen LogP contribution >= 0.6 is 0 Å². The van der Waals surface area contributed by atoms with Crippen LogP contribution in [0.4, 0.5) is 0 Å². The summed E-state index contributed by atoms with van der Waals surface area (Å²) < 4.78 is 11.7. The average molecular weight is 331 g/mol. The monoisotopic (exact) mass is 331 g/mol. The van der Waals surface area contributed by atoms with Gasteiger partial charge in [-0.25, -0.2) is 9.48 Å². The summed E-state index contributed by atoms with van der Waals surface area (Å²) in [7, 11) is 3.05. The molecule has 0 amide bonds. The Morgan fingerprint density at radius 3 is 2.58 bits per heavy atom. The highest BCUT2D eigenvalue weighted by Crippen LogP contribution is 2.24. The van der Waals surface area contributed by atoms with Gasteiger partial charge in [0.25, 0.3) is 0 Å². The van der Waals surface area contributed by atoms with Crippen LogP contribution in [0.15, 0.2) is 36.2 Å². The number of carbonyl (C=O) groups is 1. The maximum absolute atomic E-state index is 11.9. The van der Waals surface area contributed by atoms with Crippen molar-refractivity contribution in [1.29, 1.82) is 0 Å². The van der Waals surface area contributed by atoms with Gasteiger partial charge < -0.3 is 9.47 Å². The van der Waals surface area contributed by atoms with E-state index < -0.39 is 5.97 Å². The molecule has 1 heterocycles. The molecular weight excluding hydrogens is 310 g/mol. The number of nitrogens with one attached hydrogen (secondary N) is 1. The van der Waals surface area contributed by atoms with Crippen molar-refractivity contribution in [2.45, 2.75) is 13.8 Å². The van der Waals surface area contributed by atoms with E-state index in [4.69, 9.17) is 14.3 Å². The van der Waals surface area contributed by atoms with Crippen LogP contribution in [0.2, 0.25) is 0 Å². The van der Waals surface area contributed by atoms with Crippen LogP contribution in [0.1, 0.15) is 12.5 Å². The lowest BCUT2D eigenvalue weighted by Gasteiger charge is -2.07. The first-order valence-electron chi connectivity index (χ1n) is 7.47.